The summed E-state index contributed by atoms with van der Waals surface area (Å²) in [6, 6.07) is 11.0. The Kier molecular flexibility index (Phi) is 4.42. The molecular formula is C16H16FNO3. The highest BCUT2D eigenvalue weighted by Crippen LogP contribution is 2.22. The van der Waals surface area contributed by atoms with Gasteiger partial charge >= 0.3 is 0 Å². The molecule has 0 atom stereocenters. The van der Waals surface area contributed by atoms with Crippen LogP contribution in [-0.4, -0.2) is 30.1 Å². The van der Waals surface area contributed by atoms with E-state index in [2.05, 4.69) is 0 Å². The molecule has 0 aliphatic heterocycles. The molecule has 0 spiro atoms. The largest absolute Gasteiger partial charge is 0.507 e. The fraction of sp³-hybridized carbons (Fsp3) is 0.188. The van der Waals surface area contributed by atoms with Crippen molar-refractivity contribution in [1.29, 1.82) is 0 Å². The number of amides is 1. The molecule has 0 aliphatic carbocycles. The molecular weight excluding hydrogens is 273 g/mol. The highest BCUT2D eigenvalue weighted by Gasteiger charge is 2.20. The third-order valence-electron chi connectivity index (χ3n) is 3.13. The van der Waals surface area contributed by atoms with Gasteiger partial charge in [0.2, 0.25) is 0 Å². The Bertz CT molecular complexity index is 620. The van der Waals surface area contributed by atoms with Crippen molar-refractivity contribution >= 4 is 5.91 Å². The minimum atomic E-state index is -0.735. The van der Waals surface area contributed by atoms with Gasteiger partial charge in [0.1, 0.15) is 22.9 Å². The number of ether oxygens (including phenoxy) is 1. The van der Waals surface area contributed by atoms with Crippen molar-refractivity contribution in [1.82, 2.24) is 4.90 Å². The number of carbonyl (C=O) groups is 1. The number of halogens is 1. The van der Waals surface area contributed by atoms with Gasteiger partial charge in [-0.25, -0.2) is 4.39 Å². The predicted octanol–water partition coefficient (Wildman–Crippen LogP) is 2.81. The summed E-state index contributed by atoms with van der Waals surface area (Å²) in [5.41, 5.74) is 0.566. The molecule has 0 saturated carbocycles. The molecule has 1 N–H and O–H groups in total. The molecule has 0 fully saturated rings. The summed E-state index contributed by atoms with van der Waals surface area (Å²) in [6.45, 7) is 0.302. The molecule has 2 rings (SSSR count). The Hall–Kier alpha value is -2.56. The van der Waals surface area contributed by atoms with Crippen LogP contribution in [0, 0.1) is 5.82 Å². The number of carbonyl (C=O) groups excluding carboxylic acids is 1. The van der Waals surface area contributed by atoms with Gasteiger partial charge in [-0.05, 0) is 29.8 Å². The second kappa shape index (κ2) is 6.26. The van der Waals surface area contributed by atoms with Crippen LogP contribution in [0.15, 0.2) is 42.5 Å². The lowest BCUT2D eigenvalue weighted by Gasteiger charge is -2.18. The number of rotatable bonds is 4. The van der Waals surface area contributed by atoms with E-state index >= 15 is 0 Å². The SMILES string of the molecule is COc1ccc(CN(C)C(=O)c2c(O)cccc2F)cc1. The van der Waals surface area contributed by atoms with Crippen molar-refractivity contribution in [3.63, 3.8) is 0 Å². The standard InChI is InChI=1S/C16H16FNO3/c1-18(10-11-6-8-12(21-2)9-7-11)16(20)15-13(17)4-3-5-14(15)19/h3-9,19H,10H2,1-2H3. The molecule has 0 radical (unpaired) electrons. The molecule has 110 valence electrons. The van der Waals surface area contributed by atoms with Gasteiger partial charge in [-0.3, -0.25) is 4.79 Å². The maximum absolute atomic E-state index is 13.7. The van der Waals surface area contributed by atoms with E-state index in [4.69, 9.17) is 4.74 Å². The van der Waals surface area contributed by atoms with Crippen LogP contribution in [0.1, 0.15) is 15.9 Å². The van der Waals surface area contributed by atoms with E-state index in [1.165, 1.54) is 17.0 Å². The van der Waals surface area contributed by atoms with Crippen molar-refractivity contribution in [3.8, 4) is 11.5 Å². The minimum absolute atomic E-state index is 0.302. The molecule has 2 aromatic rings. The topological polar surface area (TPSA) is 49.8 Å². The molecule has 0 aromatic heterocycles. The summed E-state index contributed by atoms with van der Waals surface area (Å²) in [6.07, 6.45) is 0. The van der Waals surface area contributed by atoms with E-state index in [9.17, 15) is 14.3 Å². The van der Waals surface area contributed by atoms with Gasteiger partial charge in [0.05, 0.1) is 7.11 Å². The number of hydrogen-bond acceptors (Lipinski definition) is 3. The monoisotopic (exact) mass is 289 g/mol. The normalized spacial score (nSPS) is 10.2. The van der Waals surface area contributed by atoms with Gasteiger partial charge in [-0.2, -0.15) is 0 Å². The molecule has 0 aliphatic rings. The number of phenolic OH excluding ortho intramolecular Hbond substituents is 1. The molecule has 4 nitrogen and oxygen atoms in total. The summed E-state index contributed by atoms with van der Waals surface area (Å²) in [4.78, 5) is 13.6. The molecule has 0 heterocycles. The predicted molar refractivity (Wildman–Crippen MR) is 76.9 cm³/mol. The third kappa shape index (κ3) is 3.31. The number of hydrogen-bond donors (Lipinski definition) is 1. The quantitative estimate of drug-likeness (QED) is 0.941. The Morgan fingerprint density at radius 3 is 2.48 bits per heavy atom. The Balaban J connectivity index is 2.15. The van der Waals surface area contributed by atoms with Crippen LogP contribution in [0.3, 0.4) is 0 Å². The number of benzene rings is 2. The Labute approximate surface area is 122 Å². The fourth-order valence-electron chi connectivity index (χ4n) is 1.99. The maximum Gasteiger partial charge on any atom is 0.260 e. The second-order valence-electron chi connectivity index (χ2n) is 4.64. The summed E-state index contributed by atoms with van der Waals surface area (Å²) in [5, 5.41) is 9.64. The second-order valence-corrected chi connectivity index (χ2v) is 4.64. The minimum Gasteiger partial charge on any atom is -0.507 e. The van der Waals surface area contributed by atoms with E-state index in [0.29, 0.717) is 6.54 Å². The van der Waals surface area contributed by atoms with E-state index in [-0.39, 0.29) is 11.3 Å². The van der Waals surface area contributed by atoms with Gasteiger partial charge < -0.3 is 14.7 Å². The fourth-order valence-corrected chi connectivity index (χ4v) is 1.99. The average molecular weight is 289 g/mol. The molecule has 0 saturated heterocycles. The summed E-state index contributed by atoms with van der Waals surface area (Å²) < 4.78 is 18.7. The van der Waals surface area contributed by atoms with E-state index in [1.54, 1.807) is 26.3 Å². The van der Waals surface area contributed by atoms with Crippen molar-refractivity contribution in [3.05, 3.63) is 59.4 Å². The molecule has 21 heavy (non-hydrogen) atoms. The zero-order valence-corrected chi connectivity index (χ0v) is 11.8. The van der Waals surface area contributed by atoms with Crippen molar-refractivity contribution in [2.24, 2.45) is 0 Å². The van der Waals surface area contributed by atoms with Gasteiger partial charge in [-0.15, -0.1) is 0 Å². The van der Waals surface area contributed by atoms with Crippen LogP contribution in [-0.2, 0) is 6.54 Å². The van der Waals surface area contributed by atoms with E-state index in [1.807, 2.05) is 12.1 Å². The van der Waals surface area contributed by atoms with Crippen LogP contribution < -0.4 is 4.74 Å². The van der Waals surface area contributed by atoms with Gasteiger partial charge in [-0.1, -0.05) is 18.2 Å². The molecule has 5 heteroatoms. The van der Waals surface area contributed by atoms with Gasteiger partial charge in [0, 0.05) is 13.6 Å². The number of phenols is 1. The van der Waals surface area contributed by atoms with Crippen molar-refractivity contribution < 1.29 is 19.0 Å². The summed E-state index contributed by atoms with van der Waals surface area (Å²) >= 11 is 0. The first-order valence-electron chi connectivity index (χ1n) is 6.39. The lowest BCUT2D eigenvalue weighted by Crippen LogP contribution is -2.27. The maximum atomic E-state index is 13.7. The van der Waals surface area contributed by atoms with Crippen LogP contribution in [0.25, 0.3) is 0 Å². The van der Waals surface area contributed by atoms with Crippen LogP contribution >= 0.6 is 0 Å². The number of methoxy groups -OCH3 is 1. The summed E-state index contributed by atoms with van der Waals surface area (Å²) in [5.74, 6) is -0.941. The zero-order chi connectivity index (χ0) is 15.4. The van der Waals surface area contributed by atoms with Crippen molar-refractivity contribution in [2.75, 3.05) is 14.2 Å². The first kappa shape index (κ1) is 14.8. The third-order valence-corrected chi connectivity index (χ3v) is 3.13. The molecule has 1 amide bonds. The van der Waals surface area contributed by atoms with Crippen molar-refractivity contribution in [2.45, 2.75) is 6.54 Å². The molecule has 2 aromatic carbocycles. The van der Waals surface area contributed by atoms with Crippen LogP contribution in [0.4, 0.5) is 4.39 Å². The first-order valence-corrected chi connectivity index (χ1v) is 6.39. The highest BCUT2D eigenvalue weighted by molar-refractivity contribution is 5.96. The zero-order valence-electron chi connectivity index (χ0n) is 11.8. The lowest BCUT2D eigenvalue weighted by molar-refractivity contribution is 0.0777. The average Bonchev–Trinajstić information content (AvgIpc) is 2.47. The molecule has 0 bridgehead atoms. The van der Waals surface area contributed by atoms with E-state index < -0.39 is 11.7 Å². The first-order chi connectivity index (χ1) is 10.0. The van der Waals surface area contributed by atoms with Gasteiger partial charge in [0.25, 0.3) is 5.91 Å². The number of nitrogens with zero attached hydrogens (tertiary/aromatic N) is 1. The Morgan fingerprint density at radius 2 is 1.90 bits per heavy atom. The number of aromatic hydroxyl groups is 1. The van der Waals surface area contributed by atoms with E-state index in [0.717, 1.165) is 17.4 Å². The smallest absolute Gasteiger partial charge is 0.260 e. The summed E-state index contributed by atoms with van der Waals surface area (Å²) in [7, 11) is 3.13. The van der Waals surface area contributed by atoms with Crippen LogP contribution in [0.5, 0.6) is 11.5 Å². The lowest BCUT2D eigenvalue weighted by atomic mass is 10.1. The Morgan fingerprint density at radius 1 is 1.24 bits per heavy atom. The molecule has 0 unspecified atom stereocenters. The van der Waals surface area contributed by atoms with Crippen LogP contribution in [0.2, 0.25) is 0 Å². The highest BCUT2D eigenvalue weighted by atomic mass is 19.1. The van der Waals surface area contributed by atoms with Gasteiger partial charge in [0.15, 0.2) is 0 Å².